The zero-order valence-corrected chi connectivity index (χ0v) is 8.78. The highest BCUT2D eigenvalue weighted by Crippen LogP contribution is 2.17. The highest BCUT2D eigenvalue weighted by molar-refractivity contribution is 5.79. The van der Waals surface area contributed by atoms with E-state index in [4.69, 9.17) is 4.74 Å². The lowest BCUT2D eigenvalue weighted by Crippen LogP contribution is -2.42. The van der Waals surface area contributed by atoms with Gasteiger partial charge >= 0.3 is 6.09 Å². The van der Waals surface area contributed by atoms with E-state index in [-0.39, 0.29) is 17.8 Å². The van der Waals surface area contributed by atoms with Gasteiger partial charge in [-0.05, 0) is 26.7 Å². The minimum absolute atomic E-state index is 0.00755. The van der Waals surface area contributed by atoms with Crippen LogP contribution in [0.5, 0.6) is 0 Å². The van der Waals surface area contributed by atoms with Crippen molar-refractivity contribution in [3.8, 4) is 0 Å². The van der Waals surface area contributed by atoms with Gasteiger partial charge < -0.3 is 9.64 Å². The normalized spacial score (nSPS) is 21.9. The smallest absolute Gasteiger partial charge is 0.409 e. The van der Waals surface area contributed by atoms with Crippen molar-refractivity contribution >= 4 is 11.9 Å². The van der Waals surface area contributed by atoms with Gasteiger partial charge in [0.2, 0.25) is 0 Å². The molecular formula is C10H17NO3. The molecule has 0 N–H and O–H groups in total. The number of amides is 1. The molecule has 0 aromatic heterocycles. The number of carbonyl (C=O) groups is 2. The van der Waals surface area contributed by atoms with Crippen LogP contribution < -0.4 is 0 Å². The Balaban J connectivity index is 2.47. The van der Waals surface area contributed by atoms with Gasteiger partial charge in [-0.2, -0.15) is 0 Å². The van der Waals surface area contributed by atoms with E-state index in [1.807, 2.05) is 0 Å². The largest absolute Gasteiger partial charge is 0.450 e. The van der Waals surface area contributed by atoms with Crippen LogP contribution >= 0.6 is 0 Å². The Morgan fingerprint density at radius 3 is 2.79 bits per heavy atom. The van der Waals surface area contributed by atoms with Gasteiger partial charge in [-0.15, -0.1) is 0 Å². The van der Waals surface area contributed by atoms with Gasteiger partial charge in [0.15, 0.2) is 0 Å². The van der Waals surface area contributed by atoms with Gasteiger partial charge in [-0.1, -0.05) is 0 Å². The van der Waals surface area contributed by atoms with Crippen LogP contribution in [-0.4, -0.2) is 36.5 Å². The predicted octanol–water partition coefficient (Wildman–Crippen LogP) is 1.44. The number of rotatable bonds is 2. The molecule has 0 bridgehead atoms. The van der Waals surface area contributed by atoms with Gasteiger partial charge in [-0.25, -0.2) is 4.79 Å². The van der Waals surface area contributed by atoms with Crippen molar-refractivity contribution in [3.05, 3.63) is 0 Å². The van der Waals surface area contributed by atoms with E-state index in [0.29, 0.717) is 19.7 Å². The second-order valence-electron chi connectivity index (χ2n) is 3.59. The van der Waals surface area contributed by atoms with E-state index < -0.39 is 0 Å². The maximum absolute atomic E-state index is 11.4. The number of hydrogen-bond donors (Lipinski definition) is 0. The van der Waals surface area contributed by atoms with Crippen molar-refractivity contribution in [2.45, 2.75) is 26.7 Å². The van der Waals surface area contributed by atoms with Gasteiger partial charge in [0.05, 0.1) is 6.61 Å². The fraction of sp³-hybridized carbons (Fsp3) is 0.800. The highest BCUT2D eigenvalue weighted by atomic mass is 16.6. The monoisotopic (exact) mass is 199 g/mol. The summed E-state index contributed by atoms with van der Waals surface area (Å²) in [7, 11) is 0. The molecule has 0 aromatic carbocycles. The van der Waals surface area contributed by atoms with Crippen LogP contribution in [0, 0.1) is 5.92 Å². The fourth-order valence-electron chi connectivity index (χ4n) is 1.69. The van der Waals surface area contributed by atoms with Gasteiger partial charge in [-0.3, -0.25) is 4.79 Å². The van der Waals surface area contributed by atoms with Crippen molar-refractivity contribution in [2.75, 3.05) is 19.7 Å². The Morgan fingerprint density at radius 1 is 1.50 bits per heavy atom. The first-order valence-electron chi connectivity index (χ1n) is 5.07. The van der Waals surface area contributed by atoms with Gasteiger partial charge in [0.25, 0.3) is 0 Å². The van der Waals surface area contributed by atoms with E-state index in [0.717, 1.165) is 12.8 Å². The van der Waals surface area contributed by atoms with E-state index in [1.165, 1.54) is 0 Å². The lowest BCUT2D eigenvalue weighted by Gasteiger charge is -2.30. The molecular weight excluding hydrogens is 182 g/mol. The summed E-state index contributed by atoms with van der Waals surface area (Å²) in [6.45, 7) is 4.99. The molecule has 1 aliphatic heterocycles. The molecule has 4 nitrogen and oxygen atoms in total. The molecule has 1 fully saturated rings. The second-order valence-corrected chi connectivity index (χ2v) is 3.59. The number of piperidine rings is 1. The van der Waals surface area contributed by atoms with Crippen LogP contribution in [0.4, 0.5) is 4.79 Å². The topological polar surface area (TPSA) is 46.6 Å². The molecule has 1 atom stereocenters. The molecule has 80 valence electrons. The average molecular weight is 199 g/mol. The minimum atomic E-state index is -0.293. The molecule has 0 spiro atoms. The van der Waals surface area contributed by atoms with Crippen molar-refractivity contribution in [1.29, 1.82) is 0 Å². The van der Waals surface area contributed by atoms with E-state index in [1.54, 1.807) is 18.7 Å². The summed E-state index contributed by atoms with van der Waals surface area (Å²) in [5.74, 6) is 0.173. The van der Waals surface area contributed by atoms with E-state index in [9.17, 15) is 9.59 Å². The predicted molar refractivity (Wildman–Crippen MR) is 52.0 cm³/mol. The van der Waals surface area contributed by atoms with Crippen molar-refractivity contribution in [1.82, 2.24) is 4.90 Å². The summed E-state index contributed by atoms with van der Waals surface area (Å²) in [6.07, 6.45) is 1.49. The third-order valence-electron chi connectivity index (χ3n) is 2.52. The summed E-state index contributed by atoms with van der Waals surface area (Å²) in [5.41, 5.74) is 0. The molecule has 0 saturated carbocycles. The number of Topliss-reactive ketones (excluding diaryl/α,β-unsaturated/α-hetero) is 1. The molecule has 1 saturated heterocycles. The van der Waals surface area contributed by atoms with Crippen molar-refractivity contribution < 1.29 is 14.3 Å². The lowest BCUT2D eigenvalue weighted by atomic mass is 9.95. The lowest BCUT2D eigenvalue weighted by molar-refractivity contribution is -0.122. The van der Waals surface area contributed by atoms with Crippen LogP contribution in [0.2, 0.25) is 0 Å². The third-order valence-corrected chi connectivity index (χ3v) is 2.52. The quantitative estimate of drug-likeness (QED) is 0.676. The molecule has 1 rings (SSSR count). The Labute approximate surface area is 84.2 Å². The number of carbonyl (C=O) groups excluding carboxylic acids is 2. The number of ketones is 1. The molecule has 0 radical (unpaired) electrons. The summed E-state index contributed by atoms with van der Waals surface area (Å²) < 4.78 is 4.89. The molecule has 0 aromatic rings. The Hall–Kier alpha value is -1.06. The second kappa shape index (κ2) is 4.98. The number of nitrogens with zero attached hydrogens (tertiary/aromatic N) is 1. The van der Waals surface area contributed by atoms with Crippen LogP contribution in [0.3, 0.4) is 0 Å². The number of hydrogen-bond acceptors (Lipinski definition) is 3. The van der Waals surface area contributed by atoms with Gasteiger partial charge in [0, 0.05) is 19.0 Å². The molecule has 1 amide bonds. The minimum Gasteiger partial charge on any atom is -0.450 e. The Kier molecular flexibility index (Phi) is 3.92. The summed E-state index contributed by atoms with van der Waals surface area (Å²) in [4.78, 5) is 24.1. The van der Waals surface area contributed by atoms with Crippen molar-refractivity contribution in [2.24, 2.45) is 5.92 Å². The Bertz CT molecular complexity index is 227. The maximum atomic E-state index is 11.4. The summed E-state index contributed by atoms with van der Waals surface area (Å²) >= 11 is 0. The first kappa shape index (κ1) is 11.0. The van der Waals surface area contributed by atoms with Crippen molar-refractivity contribution in [3.63, 3.8) is 0 Å². The Morgan fingerprint density at radius 2 is 2.21 bits per heavy atom. The van der Waals surface area contributed by atoms with E-state index in [2.05, 4.69) is 0 Å². The number of ether oxygens (including phenoxy) is 1. The molecule has 14 heavy (non-hydrogen) atoms. The summed E-state index contributed by atoms with van der Waals surface area (Å²) in [5, 5.41) is 0. The first-order chi connectivity index (χ1) is 6.65. The SMILES string of the molecule is CCOC(=O)N1CCCC(C(C)=O)C1. The molecule has 1 heterocycles. The molecule has 0 aliphatic carbocycles. The molecule has 1 unspecified atom stereocenters. The van der Waals surface area contributed by atoms with Crippen LogP contribution in [-0.2, 0) is 9.53 Å². The van der Waals surface area contributed by atoms with Crippen LogP contribution in [0.1, 0.15) is 26.7 Å². The van der Waals surface area contributed by atoms with Crippen LogP contribution in [0.25, 0.3) is 0 Å². The fourth-order valence-corrected chi connectivity index (χ4v) is 1.69. The maximum Gasteiger partial charge on any atom is 0.409 e. The molecule has 4 heteroatoms. The summed E-state index contributed by atoms with van der Waals surface area (Å²) in [6, 6.07) is 0. The zero-order valence-electron chi connectivity index (χ0n) is 8.78. The number of likely N-dealkylation sites (tertiary alicyclic amines) is 1. The zero-order chi connectivity index (χ0) is 10.6. The standard InChI is InChI=1S/C10H17NO3/c1-3-14-10(13)11-6-4-5-9(7-11)8(2)12/h9H,3-7H2,1-2H3. The van der Waals surface area contributed by atoms with Gasteiger partial charge in [0.1, 0.15) is 5.78 Å². The molecule has 1 aliphatic rings. The van der Waals surface area contributed by atoms with E-state index >= 15 is 0 Å². The highest BCUT2D eigenvalue weighted by Gasteiger charge is 2.26. The van der Waals surface area contributed by atoms with Crippen LogP contribution in [0.15, 0.2) is 0 Å². The average Bonchev–Trinajstić information content (AvgIpc) is 2.18. The third kappa shape index (κ3) is 2.72. The first-order valence-corrected chi connectivity index (χ1v) is 5.07.